The molecule has 1 aromatic heterocycles. The van der Waals surface area contributed by atoms with Crippen LogP contribution in [0.3, 0.4) is 0 Å². The molecule has 0 saturated carbocycles. The molecule has 1 aromatic rings. The lowest BCUT2D eigenvalue weighted by atomic mass is 9.96. The lowest BCUT2D eigenvalue weighted by Gasteiger charge is -2.22. The summed E-state index contributed by atoms with van der Waals surface area (Å²) in [6, 6.07) is 2.90. The smallest absolute Gasteiger partial charge is 0.252 e. The van der Waals surface area contributed by atoms with Crippen LogP contribution in [0.2, 0.25) is 0 Å². The van der Waals surface area contributed by atoms with Crippen molar-refractivity contribution in [1.29, 1.82) is 0 Å². The summed E-state index contributed by atoms with van der Waals surface area (Å²) in [7, 11) is 0. The van der Waals surface area contributed by atoms with E-state index in [0.717, 1.165) is 19.5 Å². The summed E-state index contributed by atoms with van der Waals surface area (Å²) in [5.41, 5.74) is 0.302. The molecular weight excluding hydrogens is 266 g/mol. The van der Waals surface area contributed by atoms with Crippen LogP contribution in [0.5, 0.6) is 0 Å². The van der Waals surface area contributed by atoms with Crippen LogP contribution >= 0.6 is 12.4 Å². The van der Waals surface area contributed by atoms with Gasteiger partial charge in [-0.25, -0.2) is 0 Å². The van der Waals surface area contributed by atoms with Gasteiger partial charge in [-0.2, -0.15) is 0 Å². The molecular formula is C13H20ClN3O2. The number of hydrogen-bond acceptors (Lipinski definition) is 3. The molecule has 2 heterocycles. The highest BCUT2D eigenvalue weighted by Gasteiger charge is 2.13. The second-order valence-corrected chi connectivity index (χ2v) is 4.70. The fourth-order valence-corrected chi connectivity index (χ4v) is 2.21. The lowest BCUT2D eigenvalue weighted by Crippen LogP contribution is -2.33. The van der Waals surface area contributed by atoms with Gasteiger partial charge in [-0.05, 0) is 44.3 Å². The van der Waals surface area contributed by atoms with E-state index < -0.39 is 0 Å². The number of rotatable bonds is 4. The topological polar surface area (TPSA) is 74.0 Å². The van der Waals surface area contributed by atoms with E-state index in [-0.39, 0.29) is 23.9 Å². The molecule has 19 heavy (non-hydrogen) atoms. The van der Waals surface area contributed by atoms with E-state index in [1.807, 2.05) is 0 Å². The molecule has 1 aliphatic rings. The minimum Gasteiger partial charge on any atom is -0.352 e. The Morgan fingerprint density at radius 2 is 2.26 bits per heavy atom. The number of halogens is 1. The van der Waals surface area contributed by atoms with E-state index in [2.05, 4.69) is 15.6 Å². The van der Waals surface area contributed by atoms with Crippen molar-refractivity contribution < 1.29 is 4.79 Å². The molecule has 1 saturated heterocycles. The van der Waals surface area contributed by atoms with Crippen molar-refractivity contribution in [3.8, 4) is 0 Å². The number of pyridine rings is 1. The maximum absolute atomic E-state index is 11.7. The molecule has 1 amide bonds. The third kappa shape index (κ3) is 5.04. The predicted octanol–water partition coefficient (Wildman–Crippen LogP) is 0.916. The van der Waals surface area contributed by atoms with Crippen LogP contribution in [0.1, 0.15) is 29.6 Å². The Bertz CT molecular complexity index is 435. The highest BCUT2D eigenvalue weighted by atomic mass is 35.5. The van der Waals surface area contributed by atoms with E-state index in [0.29, 0.717) is 18.0 Å². The molecule has 2 rings (SSSR count). The molecule has 0 spiro atoms. The first kappa shape index (κ1) is 15.7. The van der Waals surface area contributed by atoms with Crippen LogP contribution in [-0.4, -0.2) is 30.5 Å². The minimum atomic E-state index is -0.195. The summed E-state index contributed by atoms with van der Waals surface area (Å²) < 4.78 is 0. The first-order chi connectivity index (χ1) is 8.75. The second-order valence-electron chi connectivity index (χ2n) is 4.70. The van der Waals surface area contributed by atoms with Gasteiger partial charge in [0.05, 0.1) is 5.56 Å². The average Bonchev–Trinajstić information content (AvgIpc) is 2.40. The molecule has 1 atom stereocenters. The maximum atomic E-state index is 11.7. The molecule has 1 aliphatic heterocycles. The third-order valence-corrected chi connectivity index (χ3v) is 3.28. The van der Waals surface area contributed by atoms with Crippen LogP contribution in [0.4, 0.5) is 0 Å². The van der Waals surface area contributed by atoms with Gasteiger partial charge in [0.1, 0.15) is 0 Å². The monoisotopic (exact) mass is 285 g/mol. The molecule has 106 valence electrons. The Hall–Kier alpha value is -1.33. The molecule has 6 heteroatoms. The van der Waals surface area contributed by atoms with Gasteiger partial charge in [-0.15, -0.1) is 12.4 Å². The molecule has 0 radical (unpaired) electrons. The van der Waals surface area contributed by atoms with Crippen molar-refractivity contribution in [3.63, 3.8) is 0 Å². The van der Waals surface area contributed by atoms with Crippen LogP contribution in [0.15, 0.2) is 23.1 Å². The number of piperidine rings is 1. The third-order valence-electron chi connectivity index (χ3n) is 3.28. The lowest BCUT2D eigenvalue weighted by molar-refractivity contribution is 0.0950. The Morgan fingerprint density at radius 3 is 2.89 bits per heavy atom. The van der Waals surface area contributed by atoms with Crippen LogP contribution in [-0.2, 0) is 0 Å². The normalized spacial score (nSPS) is 18.4. The summed E-state index contributed by atoms with van der Waals surface area (Å²) in [5, 5.41) is 6.24. The van der Waals surface area contributed by atoms with Crippen molar-refractivity contribution in [3.05, 3.63) is 34.2 Å². The Balaban J connectivity index is 0.00000180. The van der Waals surface area contributed by atoms with E-state index in [1.54, 1.807) is 0 Å². The van der Waals surface area contributed by atoms with E-state index in [1.165, 1.54) is 31.2 Å². The van der Waals surface area contributed by atoms with Gasteiger partial charge >= 0.3 is 0 Å². The van der Waals surface area contributed by atoms with Crippen molar-refractivity contribution in [2.45, 2.75) is 19.3 Å². The first-order valence-corrected chi connectivity index (χ1v) is 6.43. The predicted molar refractivity (Wildman–Crippen MR) is 76.9 cm³/mol. The number of amides is 1. The Morgan fingerprint density at radius 1 is 1.42 bits per heavy atom. The van der Waals surface area contributed by atoms with E-state index in [4.69, 9.17) is 0 Å². The maximum Gasteiger partial charge on any atom is 0.252 e. The van der Waals surface area contributed by atoms with Gasteiger partial charge in [-0.1, -0.05) is 0 Å². The average molecular weight is 286 g/mol. The number of hydrogen-bond donors (Lipinski definition) is 3. The summed E-state index contributed by atoms with van der Waals surface area (Å²) >= 11 is 0. The van der Waals surface area contributed by atoms with Crippen molar-refractivity contribution in [2.24, 2.45) is 5.92 Å². The zero-order valence-corrected chi connectivity index (χ0v) is 11.6. The fraction of sp³-hybridized carbons (Fsp3) is 0.538. The number of aromatic nitrogens is 1. The number of H-pyrrole nitrogens is 1. The van der Waals surface area contributed by atoms with Crippen molar-refractivity contribution in [2.75, 3.05) is 19.6 Å². The SMILES string of the molecule is Cl.O=C(NCCC1CCCNC1)c1ccc(=O)[nH]c1. The molecule has 0 aliphatic carbocycles. The van der Waals surface area contributed by atoms with Gasteiger partial charge in [0.15, 0.2) is 0 Å². The highest BCUT2D eigenvalue weighted by Crippen LogP contribution is 2.12. The first-order valence-electron chi connectivity index (χ1n) is 6.43. The number of carbonyl (C=O) groups is 1. The van der Waals surface area contributed by atoms with Gasteiger partial charge in [0.25, 0.3) is 5.91 Å². The number of carbonyl (C=O) groups excluding carboxylic acids is 1. The molecule has 3 N–H and O–H groups in total. The minimum absolute atomic E-state index is 0. The van der Waals surface area contributed by atoms with Crippen molar-refractivity contribution >= 4 is 18.3 Å². The summed E-state index contributed by atoms with van der Waals surface area (Å²) in [6.07, 6.45) is 4.90. The molecule has 0 aromatic carbocycles. The number of aromatic amines is 1. The zero-order valence-electron chi connectivity index (χ0n) is 10.8. The standard InChI is InChI=1S/C13H19N3O2.ClH/c17-12-4-3-11(9-16-12)13(18)15-7-5-10-2-1-6-14-8-10;/h3-4,9-10,14H,1-2,5-8H2,(H,15,18)(H,16,17);1H. The van der Waals surface area contributed by atoms with E-state index >= 15 is 0 Å². The van der Waals surface area contributed by atoms with E-state index in [9.17, 15) is 9.59 Å². The fourth-order valence-electron chi connectivity index (χ4n) is 2.21. The molecule has 0 bridgehead atoms. The van der Waals surface area contributed by atoms with Gasteiger partial charge in [-0.3, -0.25) is 9.59 Å². The molecule has 5 nitrogen and oxygen atoms in total. The van der Waals surface area contributed by atoms with Crippen LogP contribution < -0.4 is 16.2 Å². The summed E-state index contributed by atoms with van der Waals surface area (Å²) in [6.45, 7) is 2.85. The Kier molecular flexibility index (Phi) is 6.59. The van der Waals surface area contributed by atoms with Crippen LogP contribution in [0.25, 0.3) is 0 Å². The largest absolute Gasteiger partial charge is 0.352 e. The van der Waals surface area contributed by atoms with Gasteiger partial charge in [0.2, 0.25) is 5.56 Å². The number of nitrogens with one attached hydrogen (secondary N) is 3. The molecule has 1 unspecified atom stereocenters. The summed E-state index contributed by atoms with van der Waals surface area (Å²) in [4.78, 5) is 25.1. The summed E-state index contributed by atoms with van der Waals surface area (Å²) in [5.74, 6) is 0.532. The van der Waals surface area contributed by atoms with Gasteiger partial charge < -0.3 is 15.6 Å². The van der Waals surface area contributed by atoms with Crippen molar-refractivity contribution in [1.82, 2.24) is 15.6 Å². The van der Waals surface area contributed by atoms with Gasteiger partial charge in [0, 0.05) is 18.8 Å². The quantitative estimate of drug-likeness (QED) is 0.770. The Labute approximate surface area is 118 Å². The zero-order chi connectivity index (χ0) is 12.8. The second kappa shape index (κ2) is 7.96. The highest BCUT2D eigenvalue weighted by molar-refractivity contribution is 5.93. The molecule has 1 fully saturated rings. The van der Waals surface area contributed by atoms with Crippen LogP contribution in [0, 0.1) is 5.92 Å².